The molecule has 1 aliphatic heterocycles. The van der Waals surface area contributed by atoms with Crippen LogP contribution in [-0.4, -0.2) is 65.5 Å². The number of hydrogen-bond donors (Lipinski definition) is 1. The van der Waals surface area contributed by atoms with Gasteiger partial charge in [-0.2, -0.15) is 0 Å². The minimum atomic E-state index is -2.35. The third-order valence-corrected chi connectivity index (χ3v) is 5.48. The number of nitrogens with zero attached hydrogens (tertiary/aromatic N) is 1. The molecular formula is C24H23ClN2O11. The first-order valence-corrected chi connectivity index (χ1v) is 11.6. The quantitative estimate of drug-likeness (QED) is 0.290. The number of terminal acetylenes is 1. The molecule has 0 saturated carbocycles. The van der Waals surface area contributed by atoms with Crippen LogP contribution in [0.5, 0.6) is 0 Å². The van der Waals surface area contributed by atoms with Crippen molar-refractivity contribution in [3.8, 4) is 12.3 Å². The number of aromatic nitrogens is 2. The number of aromatic amines is 1. The highest BCUT2D eigenvalue weighted by Crippen LogP contribution is 2.42. The Hall–Kier alpha value is -4.28. The molecule has 1 N–H and O–H groups in total. The minimum Gasteiger partial charge on any atom is -0.459 e. The molecule has 3 rings (SSSR count). The van der Waals surface area contributed by atoms with E-state index >= 15 is 0 Å². The van der Waals surface area contributed by atoms with Gasteiger partial charge in [-0.05, 0) is 38.1 Å². The van der Waals surface area contributed by atoms with E-state index in [1.54, 1.807) is 0 Å². The smallest absolute Gasteiger partial charge is 0.459 e. The normalized spacial score (nSPS) is 22.3. The summed E-state index contributed by atoms with van der Waals surface area (Å²) < 4.78 is 40.1. The molecular weight excluding hydrogens is 528 g/mol. The number of carbonyl (C=O) groups excluding carboxylic acids is 3. The van der Waals surface area contributed by atoms with E-state index in [4.69, 9.17) is 41.4 Å². The van der Waals surface area contributed by atoms with E-state index in [1.807, 2.05) is 11.4 Å². The van der Waals surface area contributed by atoms with Crippen LogP contribution in [0.3, 0.4) is 0 Å². The average molecular weight is 552 g/mol. The third-order valence-electron chi connectivity index (χ3n) is 5.23. The Morgan fingerprint density at radius 2 is 1.82 bits per heavy atom. The zero-order chi connectivity index (χ0) is 28.6. The summed E-state index contributed by atoms with van der Waals surface area (Å²) in [7, 11) is 0. The van der Waals surface area contributed by atoms with Crippen LogP contribution in [0.1, 0.15) is 31.8 Å². The lowest BCUT2D eigenvalue weighted by atomic mass is 9.92. The molecule has 0 amide bonds. The van der Waals surface area contributed by atoms with Crippen molar-refractivity contribution in [1.29, 1.82) is 0 Å². The summed E-state index contributed by atoms with van der Waals surface area (Å²) in [6, 6.07) is 6.73. The molecule has 1 fully saturated rings. The second kappa shape index (κ2) is 12.3. The Morgan fingerprint density at radius 1 is 1.13 bits per heavy atom. The van der Waals surface area contributed by atoms with E-state index in [1.165, 1.54) is 38.1 Å². The molecule has 0 bridgehead atoms. The fourth-order valence-corrected chi connectivity index (χ4v) is 3.67. The summed E-state index contributed by atoms with van der Waals surface area (Å²) in [5.74, 6) is 1.51. The van der Waals surface area contributed by atoms with Gasteiger partial charge in [-0.25, -0.2) is 19.2 Å². The van der Waals surface area contributed by atoms with Crippen molar-refractivity contribution < 1.29 is 44.2 Å². The standard InChI is InChI=1S/C24H23ClN2O11/c1-4-24(38-23(32)34-6-3)16(13-35-20(29)14-7-9-15(25)10-8-14)36-19(18(24)37-22(31)33-5-2)27-12-11-17(28)26-21(27)30/h1,7-12,16,18-19H,5-6,13H2,2-3H3,(H,26,28,30)/t16-,18+,19?,24-/m1/s1/i1D. The van der Waals surface area contributed by atoms with Gasteiger partial charge in [0.05, 0.1) is 18.8 Å². The van der Waals surface area contributed by atoms with Crippen molar-refractivity contribution in [2.24, 2.45) is 0 Å². The molecule has 2 heterocycles. The van der Waals surface area contributed by atoms with Gasteiger partial charge in [0.15, 0.2) is 6.23 Å². The van der Waals surface area contributed by atoms with Gasteiger partial charge in [0.1, 0.15) is 14.1 Å². The van der Waals surface area contributed by atoms with Gasteiger partial charge in [0.25, 0.3) is 5.56 Å². The summed E-state index contributed by atoms with van der Waals surface area (Å²) >= 11 is 5.85. The van der Waals surface area contributed by atoms with E-state index in [2.05, 4.69) is 5.92 Å². The van der Waals surface area contributed by atoms with E-state index in [9.17, 15) is 24.0 Å². The van der Waals surface area contributed by atoms with E-state index in [0.29, 0.717) is 5.02 Å². The lowest BCUT2D eigenvalue weighted by Crippen LogP contribution is -2.54. The number of nitrogens with one attached hydrogen (secondary N) is 1. The molecule has 0 radical (unpaired) electrons. The van der Waals surface area contributed by atoms with Gasteiger partial charge in [0.2, 0.25) is 11.7 Å². The fourth-order valence-electron chi connectivity index (χ4n) is 3.55. The first-order valence-electron chi connectivity index (χ1n) is 11.7. The molecule has 4 atom stereocenters. The zero-order valence-electron chi connectivity index (χ0n) is 21.1. The van der Waals surface area contributed by atoms with Gasteiger partial charge < -0.3 is 28.4 Å². The van der Waals surface area contributed by atoms with Crippen LogP contribution in [0.4, 0.5) is 9.59 Å². The van der Waals surface area contributed by atoms with Crippen LogP contribution < -0.4 is 11.2 Å². The molecule has 1 aromatic heterocycles. The Kier molecular flexibility index (Phi) is 8.67. The topological polar surface area (TPSA) is 161 Å². The number of H-pyrrole nitrogens is 1. The van der Waals surface area contributed by atoms with Gasteiger partial charge >= 0.3 is 24.0 Å². The van der Waals surface area contributed by atoms with Crippen molar-refractivity contribution in [1.82, 2.24) is 9.55 Å². The number of benzene rings is 1. The maximum Gasteiger partial charge on any atom is 0.510 e. The van der Waals surface area contributed by atoms with E-state index in [-0.39, 0.29) is 18.8 Å². The van der Waals surface area contributed by atoms with Crippen LogP contribution in [0.25, 0.3) is 0 Å². The van der Waals surface area contributed by atoms with Crippen molar-refractivity contribution in [2.45, 2.75) is 37.9 Å². The summed E-state index contributed by atoms with van der Waals surface area (Å²) in [4.78, 5) is 63.8. The highest BCUT2D eigenvalue weighted by molar-refractivity contribution is 6.30. The first-order chi connectivity index (χ1) is 18.6. The molecule has 1 aromatic carbocycles. The van der Waals surface area contributed by atoms with Gasteiger partial charge in [-0.3, -0.25) is 14.3 Å². The number of ether oxygens (including phenoxy) is 6. The molecule has 13 nitrogen and oxygen atoms in total. The molecule has 202 valence electrons. The molecule has 0 spiro atoms. The van der Waals surface area contributed by atoms with Crippen molar-refractivity contribution in [3.05, 3.63) is 68.0 Å². The summed E-state index contributed by atoms with van der Waals surface area (Å²) in [6.07, 6.45) is -4.58. The number of carbonyl (C=O) groups is 3. The highest BCUT2D eigenvalue weighted by Gasteiger charge is 2.63. The lowest BCUT2D eigenvalue weighted by molar-refractivity contribution is -0.0930. The second-order valence-electron chi connectivity index (χ2n) is 7.56. The maximum atomic E-state index is 12.7. The largest absolute Gasteiger partial charge is 0.510 e. The van der Waals surface area contributed by atoms with Crippen LogP contribution >= 0.6 is 11.6 Å². The summed E-state index contributed by atoms with van der Waals surface area (Å²) in [5, 5.41) is 0.381. The predicted octanol–water partition coefficient (Wildman–Crippen LogP) is 2.03. The maximum absolute atomic E-state index is 12.7. The van der Waals surface area contributed by atoms with Crippen molar-refractivity contribution in [3.63, 3.8) is 0 Å². The van der Waals surface area contributed by atoms with Gasteiger partial charge in [-0.1, -0.05) is 17.5 Å². The Labute approximate surface area is 221 Å². The van der Waals surface area contributed by atoms with Crippen LogP contribution in [0, 0.1) is 12.3 Å². The molecule has 2 aromatic rings. The predicted molar refractivity (Wildman–Crippen MR) is 129 cm³/mol. The number of halogens is 1. The summed E-state index contributed by atoms with van der Waals surface area (Å²) in [5.41, 5.74) is -3.94. The lowest BCUT2D eigenvalue weighted by Gasteiger charge is -2.32. The van der Waals surface area contributed by atoms with Crippen LogP contribution in [-0.2, 0) is 28.4 Å². The van der Waals surface area contributed by atoms with Crippen LogP contribution in [0.15, 0.2) is 46.1 Å². The molecule has 0 aliphatic carbocycles. The number of hydrogen-bond acceptors (Lipinski definition) is 11. The Bertz CT molecular complexity index is 1380. The van der Waals surface area contributed by atoms with Crippen molar-refractivity contribution >= 4 is 29.9 Å². The zero-order valence-corrected chi connectivity index (χ0v) is 20.9. The molecule has 14 heteroatoms. The first kappa shape index (κ1) is 26.8. The monoisotopic (exact) mass is 551 g/mol. The van der Waals surface area contributed by atoms with E-state index < -0.39 is 60.2 Å². The minimum absolute atomic E-state index is 0.103. The Balaban J connectivity index is 2.09. The molecule has 1 unspecified atom stereocenters. The Morgan fingerprint density at radius 3 is 2.45 bits per heavy atom. The number of esters is 1. The highest BCUT2D eigenvalue weighted by atomic mass is 35.5. The van der Waals surface area contributed by atoms with Crippen LogP contribution in [0.2, 0.25) is 5.02 Å². The SMILES string of the molecule is [2H]C#C[C@@]1(OC(=O)OCC)[C@@H](COC(=O)c2ccc(Cl)cc2)OC(n2ccc(=O)[nH]c2=O)[C@@H]1OC(=O)OCC. The van der Waals surface area contributed by atoms with Gasteiger partial charge in [-0.15, -0.1) is 6.40 Å². The number of rotatable bonds is 8. The van der Waals surface area contributed by atoms with Gasteiger partial charge in [0, 0.05) is 17.3 Å². The van der Waals surface area contributed by atoms with Crippen molar-refractivity contribution in [2.75, 3.05) is 19.8 Å². The molecule has 1 aliphatic rings. The van der Waals surface area contributed by atoms with E-state index in [0.717, 1.165) is 16.8 Å². The third kappa shape index (κ3) is 6.16. The molecule has 38 heavy (non-hydrogen) atoms. The molecule has 1 saturated heterocycles. The fraction of sp³-hybridized carbons (Fsp3) is 0.375. The summed E-state index contributed by atoms with van der Waals surface area (Å²) in [6.45, 7) is 2.12. The average Bonchev–Trinajstić information content (AvgIpc) is 3.15. The second-order valence-corrected chi connectivity index (χ2v) is 8.00.